The van der Waals surface area contributed by atoms with Gasteiger partial charge in [0.2, 0.25) is 0 Å². The molecule has 1 aliphatic heterocycles. The average molecular weight is 420 g/mol. The Morgan fingerprint density at radius 1 is 1.27 bits per heavy atom. The first-order valence-electron chi connectivity index (χ1n) is 9.84. The third-order valence-electron chi connectivity index (χ3n) is 5.32. The van der Waals surface area contributed by atoms with Crippen molar-refractivity contribution in [3.05, 3.63) is 47.2 Å². The molecule has 1 saturated carbocycles. The number of halogens is 2. The predicted octanol–water partition coefficient (Wildman–Crippen LogP) is 2.98. The van der Waals surface area contributed by atoms with Crippen LogP contribution < -0.4 is 10.6 Å². The van der Waals surface area contributed by atoms with E-state index in [4.69, 9.17) is 9.47 Å². The van der Waals surface area contributed by atoms with Gasteiger partial charge in [0.25, 0.3) is 5.91 Å². The second kappa shape index (κ2) is 8.78. The molecule has 1 aromatic heterocycles. The van der Waals surface area contributed by atoms with E-state index in [2.05, 4.69) is 20.8 Å². The lowest BCUT2D eigenvalue weighted by atomic mass is 9.80. The molecule has 4 rings (SSSR count). The number of H-pyrrole nitrogens is 1. The van der Waals surface area contributed by atoms with Gasteiger partial charge in [-0.05, 0) is 31.7 Å². The van der Waals surface area contributed by atoms with E-state index in [-0.39, 0.29) is 30.0 Å². The predicted molar refractivity (Wildman–Crippen MR) is 102 cm³/mol. The van der Waals surface area contributed by atoms with Crippen molar-refractivity contribution in [2.75, 3.05) is 11.9 Å². The molecule has 2 aliphatic rings. The van der Waals surface area contributed by atoms with E-state index in [9.17, 15) is 18.4 Å². The fraction of sp³-hybridized carbons (Fsp3) is 0.450. The highest BCUT2D eigenvalue weighted by Gasteiger charge is 2.35. The molecule has 160 valence electrons. The van der Waals surface area contributed by atoms with Gasteiger partial charge in [0.05, 0.1) is 0 Å². The first-order valence-corrected chi connectivity index (χ1v) is 9.84. The molecule has 1 aromatic carbocycles. The summed E-state index contributed by atoms with van der Waals surface area (Å²) >= 11 is 0. The number of hydrogen-bond acceptors (Lipinski definition) is 5. The number of nitrogens with one attached hydrogen (secondary N) is 3. The van der Waals surface area contributed by atoms with Crippen molar-refractivity contribution < 1.29 is 27.8 Å². The summed E-state index contributed by atoms with van der Waals surface area (Å²) in [6, 6.07) is 4.94. The standard InChI is InChI=1S/C20H22F2N4O4/c21-13-4-3-11(15(22)8-13)10-23-20(28)30-14-6-12(7-14)16-9-18(26-25-16)24-19(27)17-2-1-5-29-17/h3-4,8-9,12,14,17H,1-2,5-7,10H2,(H,23,28)(H2,24,25,26,27)/t12?,14?,17-/m1/s1. The van der Waals surface area contributed by atoms with Crippen LogP contribution in [0.4, 0.5) is 19.4 Å². The number of alkyl carbamates (subject to hydrolysis) is 1. The van der Waals surface area contributed by atoms with E-state index >= 15 is 0 Å². The van der Waals surface area contributed by atoms with Crippen molar-refractivity contribution in [1.29, 1.82) is 0 Å². The van der Waals surface area contributed by atoms with Crippen molar-refractivity contribution in [3.8, 4) is 0 Å². The minimum atomic E-state index is -0.722. The number of aromatic amines is 1. The molecule has 0 bridgehead atoms. The summed E-state index contributed by atoms with van der Waals surface area (Å²) in [5.41, 5.74) is 1.03. The van der Waals surface area contributed by atoms with Crippen molar-refractivity contribution in [3.63, 3.8) is 0 Å². The molecule has 2 amide bonds. The van der Waals surface area contributed by atoms with Gasteiger partial charge in [-0.3, -0.25) is 9.89 Å². The number of nitrogens with zero attached hydrogens (tertiary/aromatic N) is 1. The average Bonchev–Trinajstić information content (AvgIpc) is 3.36. The van der Waals surface area contributed by atoms with Crippen LogP contribution >= 0.6 is 0 Å². The third-order valence-corrected chi connectivity index (χ3v) is 5.32. The Hall–Kier alpha value is -3.01. The highest BCUT2D eigenvalue weighted by molar-refractivity contribution is 5.93. The lowest BCUT2D eigenvalue weighted by Gasteiger charge is -2.33. The largest absolute Gasteiger partial charge is 0.446 e. The molecular weight excluding hydrogens is 398 g/mol. The van der Waals surface area contributed by atoms with E-state index in [1.165, 1.54) is 6.07 Å². The van der Waals surface area contributed by atoms with Crippen LogP contribution in [0.2, 0.25) is 0 Å². The van der Waals surface area contributed by atoms with Gasteiger partial charge in [0.15, 0.2) is 5.82 Å². The summed E-state index contributed by atoms with van der Waals surface area (Å²) in [6.07, 6.45) is 1.46. The van der Waals surface area contributed by atoms with E-state index in [1.54, 1.807) is 6.07 Å². The van der Waals surface area contributed by atoms with Gasteiger partial charge in [-0.2, -0.15) is 5.10 Å². The normalized spacial score (nSPS) is 22.9. The molecule has 0 unspecified atom stereocenters. The summed E-state index contributed by atoms with van der Waals surface area (Å²) < 4.78 is 37.1. The van der Waals surface area contributed by atoms with E-state index in [0.717, 1.165) is 24.2 Å². The SMILES string of the molecule is O=C(NCc1ccc(F)cc1F)OC1CC(c2cc(NC(=O)[C@H]3CCCO3)n[nH]2)C1. The Kier molecular flexibility index (Phi) is 5.93. The maximum absolute atomic E-state index is 13.6. The van der Waals surface area contributed by atoms with Gasteiger partial charge in [-0.25, -0.2) is 13.6 Å². The topological polar surface area (TPSA) is 105 Å². The van der Waals surface area contributed by atoms with Crippen molar-refractivity contribution in [2.45, 2.75) is 50.4 Å². The summed E-state index contributed by atoms with van der Waals surface area (Å²) in [6.45, 7) is 0.509. The van der Waals surface area contributed by atoms with Crippen LogP contribution in [0.15, 0.2) is 24.3 Å². The van der Waals surface area contributed by atoms with Gasteiger partial charge < -0.3 is 20.1 Å². The quantitative estimate of drug-likeness (QED) is 0.666. The van der Waals surface area contributed by atoms with Crippen LogP contribution in [0.5, 0.6) is 0 Å². The summed E-state index contributed by atoms with van der Waals surface area (Å²) in [4.78, 5) is 23.9. The van der Waals surface area contributed by atoms with E-state index in [0.29, 0.717) is 31.7 Å². The van der Waals surface area contributed by atoms with Crippen LogP contribution in [0, 0.1) is 11.6 Å². The number of amides is 2. The highest BCUT2D eigenvalue weighted by Crippen LogP contribution is 2.38. The van der Waals surface area contributed by atoms with Crippen LogP contribution in [0.25, 0.3) is 0 Å². The van der Waals surface area contributed by atoms with E-state index in [1.807, 2.05) is 0 Å². The summed E-state index contributed by atoms with van der Waals surface area (Å²) in [5, 5.41) is 12.2. The maximum atomic E-state index is 13.6. The molecule has 1 saturated heterocycles. The number of benzene rings is 1. The fourth-order valence-electron chi connectivity index (χ4n) is 3.54. The van der Waals surface area contributed by atoms with Crippen LogP contribution in [0.3, 0.4) is 0 Å². The van der Waals surface area contributed by atoms with Crippen LogP contribution in [-0.2, 0) is 20.8 Å². The van der Waals surface area contributed by atoms with Crippen molar-refractivity contribution in [2.24, 2.45) is 0 Å². The number of carbonyl (C=O) groups is 2. The molecule has 10 heteroatoms. The monoisotopic (exact) mass is 420 g/mol. The second-order valence-corrected chi connectivity index (χ2v) is 7.48. The Morgan fingerprint density at radius 2 is 2.10 bits per heavy atom. The Bertz CT molecular complexity index is 923. The maximum Gasteiger partial charge on any atom is 0.407 e. The number of hydrogen-bond donors (Lipinski definition) is 3. The Morgan fingerprint density at radius 3 is 2.83 bits per heavy atom. The Labute approximate surface area is 171 Å². The molecule has 2 heterocycles. The molecule has 2 aromatic rings. The third kappa shape index (κ3) is 4.76. The molecule has 2 fully saturated rings. The molecule has 1 aliphatic carbocycles. The highest BCUT2D eigenvalue weighted by atomic mass is 19.1. The lowest BCUT2D eigenvalue weighted by molar-refractivity contribution is -0.124. The summed E-state index contributed by atoms with van der Waals surface area (Å²) in [7, 11) is 0. The molecule has 0 radical (unpaired) electrons. The second-order valence-electron chi connectivity index (χ2n) is 7.48. The molecule has 0 spiro atoms. The summed E-state index contributed by atoms with van der Waals surface area (Å²) in [5.74, 6) is -1.02. The van der Waals surface area contributed by atoms with E-state index < -0.39 is 23.8 Å². The number of rotatable bonds is 6. The number of carbonyl (C=O) groups excluding carboxylic acids is 2. The number of ether oxygens (including phenoxy) is 2. The lowest BCUT2D eigenvalue weighted by Crippen LogP contribution is -2.36. The molecule has 1 atom stereocenters. The first kappa shape index (κ1) is 20.3. The molecule has 8 nitrogen and oxygen atoms in total. The van der Waals surface area contributed by atoms with Gasteiger partial charge in [-0.1, -0.05) is 6.07 Å². The minimum Gasteiger partial charge on any atom is -0.446 e. The van der Waals surface area contributed by atoms with Crippen molar-refractivity contribution >= 4 is 17.8 Å². The zero-order valence-corrected chi connectivity index (χ0v) is 16.1. The van der Waals surface area contributed by atoms with Gasteiger partial charge in [0, 0.05) is 42.5 Å². The van der Waals surface area contributed by atoms with Gasteiger partial charge in [0.1, 0.15) is 23.8 Å². The smallest absolute Gasteiger partial charge is 0.407 e. The zero-order valence-electron chi connectivity index (χ0n) is 16.1. The fourth-order valence-corrected chi connectivity index (χ4v) is 3.54. The number of anilines is 1. The first-order chi connectivity index (χ1) is 14.5. The van der Waals surface area contributed by atoms with Crippen LogP contribution in [0.1, 0.15) is 42.9 Å². The Balaban J connectivity index is 1.19. The molecular formula is C20H22F2N4O4. The molecule has 30 heavy (non-hydrogen) atoms. The van der Waals surface area contributed by atoms with Gasteiger partial charge >= 0.3 is 6.09 Å². The molecule has 3 N–H and O–H groups in total. The van der Waals surface area contributed by atoms with Crippen molar-refractivity contribution in [1.82, 2.24) is 15.5 Å². The number of aromatic nitrogens is 2. The van der Waals surface area contributed by atoms with Gasteiger partial charge in [-0.15, -0.1) is 0 Å². The van der Waals surface area contributed by atoms with Crippen LogP contribution in [-0.4, -0.2) is 41.0 Å². The zero-order chi connectivity index (χ0) is 21.1. The minimum absolute atomic E-state index is 0.0879.